The van der Waals surface area contributed by atoms with E-state index in [-0.39, 0.29) is 11.0 Å². The molecular weight excluding hydrogens is 254 g/mol. The molecule has 0 heterocycles. The molecule has 0 aromatic heterocycles. The largest absolute Gasteiger partial charge is 0.305 e. The van der Waals surface area contributed by atoms with Gasteiger partial charge in [0.1, 0.15) is 0 Å². The second kappa shape index (κ2) is 6.19. The average molecular weight is 283 g/mol. The van der Waals surface area contributed by atoms with E-state index >= 15 is 0 Å². The highest BCUT2D eigenvalue weighted by Gasteiger charge is 2.30. The Kier molecular flexibility index (Phi) is 4.73. The van der Waals surface area contributed by atoms with Gasteiger partial charge in [0.15, 0.2) is 0 Å². The summed E-state index contributed by atoms with van der Waals surface area (Å²) >= 11 is 0. The van der Waals surface area contributed by atoms with Crippen LogP contribution in [0.4, 0.5) is 0 Å². The summed E-state index contributed by atoms with van der Waals surface area (Å²) in [7, 11) is 0. The first-order chi connectivity index (χ1) is 9.78. The Balaban J connectivity index is 2.20. The van der Waals surface area contributed by atoms with E-state index in [1.54, 1.807) is 5.57 Å². The van der Waals surface area contributed by atoms with Crippen LogP contribution in [0.2, 0.25) is 0 Å². The van der Waals surface area contributed by atoms with Gasteiger partial charge in [-0.3, -0.25) is 0 Å². The monoisotopic (exact) mass is 283 g/mol. The van der Waals surface area contributed by atoms with Crippen LogP contribution in [0.15, 0.2) is 54.1 Å². The van der Waals surface area contributed by atoms with Crippen molar-refractivity contribution >= 4 is 0 Å². The maximum Gasteiger partial charge on any atom is 0.0333 e. The molecule has 1 aliphatic carbocycles. The van der Waals surface area contributed by atoms with E-state index in [0.717, 1.165) is 12.8 Å². The first-order valence-corrected chi connectivity index (χ1v) is 7.97. The van der Waals surface area contributed by atoms with E-state index in [4.69, 9.17) is 0 Å². The second-order valence-corrected chi connectivity index (χ2v) is 7.77. The zero-order valence-electron chi connectivity index (χ0n) is 14.1. The lowest BCUT2D eigenvalue weighted by molar-refractivity contribution is 0.279. The van der Waals surface area contributed by atoms with Crippen molar-refractivity contribution in [1.29, 1.82) is 0 Å². The second-order valence-electron chi connectivity index (χ2n) is 7.77. The fourth-order valence-electron chi connectivity index (χ4n) is 3.05. The molecule has 1 atom stereocenters. The molecule has 0 bridgehead atoms. The standard InChI is InChI=1S/C20H29N/c1-19(2,3)21-18(16-11-7-6-8-12-16)15-20(4,5)17-13-9-10-14-17/h6-13,18,21H,14-15H2,1-5H3. The van der Waals surface area contributed by atoms with Gasteiger partial charge in [-0.25, -0.2) is 0 Å². The lowest BCUT2D eigenvalue weighted by Crippen LogP contribution is -2.40. The van der Waals surface area contributed by atoms with Crippen LogP contribution in [0.1, 0.15) is 59.1 Å². The van der Waals surface area contributed by atoms with Gasteiger partial charge >= 0.3 is 0 Å². The molecule has 0 saturated heterocycles. The van der Waals surface area contributed by atoms with Gasteiger partial charge in [-0.15, -0.1) is 0 Å². The van der Waals surface area contributed by atoms with Crippen molar-refractivity contribution in [3.05, 3.63) is 59.7 Å². The predicted molar refractivity (Wildman–Crippen MR) is 92.3 cm³/mol. The molecule has 21 heavy (non-hydrogen) atoms. The van der Waals surface area contributed by atoms with Crippen molar-refractivity contribution < 1.29 is 0 Å². The molecule has 0 spiro atoms. The van der Waals surface area contributed by atoms with Crippen LogP contribution in [0.3, 0.4) is 0 Å². The lowest BCUT2D eigenvalue weighted by atomic mass is 9.76. The lowest BCUT2D eigenvalue weighted by Gasteiger charge is -2.36. The minimum absolute atomic E-state index is 0.110. The molecule has 1 N–H and O–H groups in total. The summed E-state index contributed by atoms with van der Waals surface area (Å²) in [5, 5.41) is 3.80. The van der Waals surface area contributed by atoms with Gasteiger partial charge in [0.05, 0.1) is 0 Å². The SMILES string of the molecule is CC(C)(C)NC(CC(C)(C)C1=CC=CC1)c1ccccc1. The van der Waals surface area contributed by atoms with Gasteiger partial charge in [0, 0.05) is 11.6 Å². The molecule has 1 nitrogen and oxygen atoms in total. The number of benzene rings is 1. The van der Waals surface area contributed by atoms with Crippen molar-refractivity contribution in [2.75, 3.05) is 0 Å². The fraction of sp³-hybridized carbons (Fsp3) is 0.500. The van der Waals surface area contributed by atoms with Crippen molar-refractivity contribution in [2.45, 2.75) is 59.0 Å². The van der Waals surface area contributed by atoms with Crippen LogP contribution >= 0.6 is 0 Å². The molecule has 0 amide bonds. The molecule has 2 rings (SSSR count). The quantitative estimate of drug-likeness (QED) is 0.761. The molecule has 0 fully saturated rings. The van der Waals surface area contributed by atoms with E-state index in [1.807, 2.05) is 0 Å². The third-order valence-electron chi connectivity index (χ3n) is 4.16. The van der Waals surface area contributed by atoms with Crippen LogP contribution in [-0.2, 0) is 0 Å². The first-order valence-electron chi connectivity index (χ1n) is 7.97. The first kappa shape index (κ1) is 16.0. The number of allylic oxidation sites excluding steroid dienone is 4. The Morgan fingerprint density at radius 2 is 1.71 bits per heavy atom. The van der Waals surface area contributed by atoms with Crippen molar-refractivity contribution in [3.63, 3.8) is 0 Å². The highest BCUT2D eigenvalue weighted by molar-refractivity contribution is 5.29. The molecule has 0 saturated carbocycles. The normalized spacial score (nSPS) is 16.9. The van der Waals surface area contributed by atoms with Crippen LogP contribution in [0, 0.1) is 5.41 Å². The number of hydrogen-bond donors (Lipinski definition) is 1. The number of hydrogen-bond acceptors (Lipinski definition) is 1. The van der Waals surface area contributed by atoms with Gasteiger partial charge in [0.25, 0.3) is 0 Å². The summed E-state index contributed by atoms with van der Waals surface area (Å²) in [5.41, 5.74) is 3.24. The third kappa shape index (κ3) is 4.57. The zero-order chi connectivity index (χ0) is 15.5. The van der Waals surface area contributed by atoms with Crippen LogP contribution in [0.5, 0.6) is 0 Å². The minimum Gasteiger partial charge on any atom is -0.305 e. The van der Waals surface area contributed by atoms with Crippen molar-refractivity contribution in [3.8, 4) is 0 Å². The summed E-state index contributed by atoms with van der Waals surface area (Å²) in [6.45, 7) is 11.5. The Bertz CT molecular complexity index is 515. The number of nitrogens with one attached hydrogen (secondary N) is 1. The van der Waals surface area contributed by atoms with E-state index < -0.39 is 0 Å². The van der Waals surface area contributed by atoms with Gasteiger partial charge in [0.2, 0.25) is 0 Å². The van der Waals surface area contributed by atoms with Gasteiger partial charge in [-0.1, -0.05) is 68.0 Å². The van der Waals surface area contributed by atoms with Crippen molar-refractivity contribution in [2.24, 2.45) is 5.41 Å². The molecular formula is C20H29N. The third-order valence-corrected chi connectivity index (χ3v) is 4.16. The predicted octanol–water partition coefficient (Wildman–Crippen LogP) is 5.42. The van der Waals surface area contributed by atoms with Gasteiger partial charge < -0.3 is 5.32 Å². The average Bonchev–Trinajstić information content (AvgIpc) is 2.92. The Labute approximate surface area is 130 Å². The van der Waals surface area contributed by atoms with E-state index in [0.29, 0.717) is 6.04 Å². The summed E-state index contributed by atoms with van der Waals surface area (Å²) in [5.74, 6) is 0. The van der Waals surface area contributed by atoms with E-state index in [9.17, 15) is 0 Å². The minimum atomic E-state index is 0.110. The van der Waals surface area contributed by atoms with E-state index in [1.165, 1.54) is 5.56 Å². The van der Waals surface area contributed by atoms with Gasteiger partial charge in [-0.2, -0.15) is 0 Å². The molecule has 1 aliphatic rings. The van der Waals surface area contributed by atoms with Crippen LogP contribution in [-0.4, -0.2) is 5.54 Å². The maximum absolute atomic E-state index is 3.80. The molecule has 0 radical (unpaired) electrons. The topological polar surface area (TPSA) is 12.0 Å². The summed E-state index contributed by atoms with van der Waals surface area (Å²) in [6.07, 6.45) is 8.95. The maximum atomic E-state index is 3.80. The van der Waals surface area contributed by atoms with Gasteiger partial charge in [-0.05, 0) is 44.6 Å². The Hall–Kier alpha value is -1.34. The fourth-order valence-corrected chi connectivity index (χ4v) is 3.05. The Morgan fingerprint density at radius 3 is 2.24 bits per heavy atom. The summed E-state index contributed by atoms with van der Waals surface area (Å²) in [6, 6.07) is 11.2. The highest BCUT2D eigenvalue weighted by Crippen LogP contribution is 2.40. The molecule has 1 aromatic carbocycles. The Morgan fingerprint density at radius 1 is 1.05 bits per heavy atom. The zero-order valence-corrected chi connectivity index (χ0v) is 14.1. The van der Waals surface area contributed by atoms with Crippen LogP contribution < -0.4 is 5.32 Å². The smallest absolute Gasteiger partial charge is 0.0333 e. The molecule has 114 valence electrons. The molecule has 0 aliphatic heterocycles. The highest BCUT2D eigenvalue weighted by atomic mass is 15.0. The number of rotatable bonds is 5. The summed E-state index contributed by atoms with van der Waals surface area (Å²) < 4.78 is 0. The summed E-state index contributed by atoms with van der Waals surface area (Å²) in [4.78, 5) is 0. The molecule has 1 unspecified atom stereocenters. The van der Waals surface area contributed by atoms with E-state index in [2.05, 4.69) is 88.5 Å². The molecule has 1 aromatic rings. The van der Waals surface area contributed by atoms with Crippen LogP contribution in [0.25, 0.3) is 0 Å². The molecule has 1 heteroatoms. The van der Waals surface area contributed by atoms with Crippen molar-refractivity contribution in [1.82, 2.24) is 5.32 Å².